The van der Waals surface area contributed by atoms with E-state index in [1.807, 2.05) is 31.3 Å². The predicted octanol–water partition coefficient (Wildman–Crippen LogP) is 2.86. The molecule has 1 saturated heterocycles. The summed E-state index contributed by atoms with van der Waals surface area (Å²) in [4.78, 5) is 18.4. The SMILES string of the molecule is CCCC1CCN(C(=NC)NCc2cccc(C(=O)NC)c2)C1.I. The Morgan fingerprint density at radius 1 is 1.42 bits per heavy atom. The van der Waals surface area contributed by atoms with Crippen molar-refractivity contribution in [3.63, 3.8) is 0 Å². The summed E-state index contributed by atoms with van der Waals surface area (Å²) >= 11 is 0. The molecule has 1 aromatic rings. The first-order valence-electron chi connectivity index (χ1n) is 8.44. The smallest absolute Gasteiger partial charge is 0.251 e. The van der Waals surface area contributed by atoms with Gasteiger partial charge in [-0.05, 0) is 36.5 Å². The fraction of sp³-hybridized carbons (Fsp3) is 0.556. The minimum Gasteiger partial charge on any atom is -0.355 e. The van der Waals surface area contributed by atoms with Crippen LogP contribution in [-0.2, 0) is 6.54 Å². The fourth-order valence-corrected chi connectivity index (χ4v) is 3.15. The van der Waals surface area contributed by atoms with Crippen LogP contribution in [0.4, 0.5) is 0 Å². The van der Waals surface area contributed by atoms with Gasteiger partial charge in [-0.3, -0.25) is 9.79 Å². The van der Waals surface area contributed by atoms with Gasteiger partial charge in [-0.15, -0.1) is 24.0 Å². The van der Waals surface area contributed by atoms with Gasteiger partial charge in [0.05, 0.1) is 0 Å². The highest BCUT2D eigenvalue weighted by atomic mass is 127. The van der Waals surface area contributed by atoms with Crippen LogP contribution < -0.4 is 10.6 Å². The van der Waals surface area contributed by atoms with Crippen LogP contribution >= 0.6 is 24.0 Å². The number of likely N-dealkylation sites (tertiary alicyclic amines) is 1. The maximum Gasteiger partial charge on any atom is 0.251 e. The Morgan fingerprint density at radius 3 is 2.88 bits per heavy atom. The highest BCUT2D eigenvalue weighted by Gasteiger charge is 2.23. The van der Waals surface area contributed by atoms with Gasteiger partial charge in [0.2, 0.25) is 0 Å². The molecule has 0 bridgehead atoms. The van der Waals surface area contributed by atoms with Crippen LogP contribution in [-0.4, -0.2) is 44.0 Å². The maximum absolute atomic E-state index is 11.7. The predicted molar refractivity (Wildman–Crippen MR) is 110 cm³/mol. The molecule has 0 aromatic heterocycles. The molecule has 24 heavy (non-hydrogen) atoms. The van der Waals surface area contributed by atoms with Crippen LogP contribution in [0.3, 0.4) is 0 Å². The molecule has 1 aromatic carbocycles. The number of nitrogens with zero attached hydrogens (tertiary/aromatic N) is 2. The molecule has 2 N–H and O–H groups in total. The molecule has 1 heterocycles. The lowest BCUT2D eigenvalue weighted by Gasteiger charge is -2.22. The number of hydrogen-bond donors (Lipinski definition) is 2. The summed E-state index contributed by atoms with van der Waals surface area (Å²) in [5, 5.41) is 6.07. The quantitative estimate of drug-likeness (QED) is 0.417. The number of halogens is 1. The third-order valence-corrected chi connectivity index (χ3v) is 4.36. The van der Waals surface area contributed by atoms with E-state index in [-0.39, 0.29) is 29.9 Å². The van der Waals surface area contributed by atoms with Crippen molar-refractivity contribution in [2.45, 2.75) is 32.7 Å². The highest BCUT2D eigenvalue weighted by Crippen LogP contribution is 2.20. The topological polar surface area (TPSA) is 56.7 Å². The van der Waals surface area contributed by atoms with E-state index >= 15 is 0 Å². The number of guanidine groups is 1. The molecule has 134 valence electrons. The average Bonchev–Trinajstić information content (AvgIpc) is 3.04. The Morgan fingerprint density at radius 2 is 2.21 bits per heavy atom. The van der Waals surface area contributed by atoms with Crippen LogP contribution in [0, 0.1) is 5.92 Å². The molecule has 0 aliphatic carbocycles. The van der Waals surface area contributed by atoms with Crippen LogP contribution in [0.2, 0.25) is 0 Å². The monoisotopic (exact) mass is 444 g/mol. The minimum atomic E-state index is -0.0572. The van der Waals surface area contributed by atoms with Crippen molar-refractivity contribution in [2.24, 2.45) is 10.9 Å². The zero-order valence-electron chi connectivity index (χ0n) is 14.8. The summed E-state index contributed by atoms with van der Waals surface area (Å²) in [7, 11) is 3.48. The lowest BCUT2D eigenvalue weighted by atomic mass is 10.0. The first-order valence-corrected chi connectivity index (χ1v) is 8.44. The number of aliphatic imine (C=N–C) groups is 1. The number of hydrogen-bond acceptors (Lipinski definition) is 2. The molecule has 1 atom stereocenters. The van der Waals surface area contributed by atoms with E-state index < -0.39 is 0 Å². The Bertz CT molecular complexity index is 562. The van der Waals surface area contributed by atoms with Crippen LogP contribution in [0.1, 0.15) is 42.1 Å². The summed E-state index contributed by atoms with van der Waals surface area (Å²) in [6, 6.07) is 7.68. The molecule has 2 rings (SSSR count). The van der Waals surface area contributed by atoms with E-state index in [1.54, 1.807) is 7.05 Å². The van der Waals surface area contributed by atoms with Crippen LogP contribution in [0.15, 0.2) is 29.3 Å². The summed E-state index contributed by atoms with van der Waals surface area (Å²) in [5.74, 6) is 1.68. The first kappa shape index (κ1) is 20.7. The zero-order valence-corrected chi connectivity index (χ0v) is 17.2. The molecular weight excluding hydrogens is 415 g/mol. The number of nitrogens with one attached hydrogen (secondary N) is 2. The van der Waals surface area contributed by atoms with Gasteiger partial charge in [-0.1, -0.05) is 25.5 Å². The molecular formula is C18H29IN4O. The number of carbonyl (C=O) groups is 1. The van der Waals surface area contributed by atoms with Crippen LogP contribution in [0.25, 0.3) is 0 Å². The summed E-state index contributed by atoms with van der Waals surface area (Å²) in [5.41, 5.74) is 1.77. The second-order valence-electron chi connectivity index (χ2n) is 6.07. The maximum atomic E-state index is 11.7. The summed E-state index contributed by atoms with van der Waals surface area (Å²) in [6.07, 6.45) is 3.79. The van der Waals surface area contributed by atoms with E-state index in [1.165, 1.54) is 19.3 Å². The third kappa shape index (κ3) is 5.65. The van der Waals surface area contributed by atoms with E-state index in [4.69, 9.17) is 0 Å². The van der Waals surface area contributed by atoms with Crippen molar-refractivity contribution in [3.8, 4) is 0 Å². The molecule has 0 spiro atoms. The van der Waals surface area contributed by atoms with E-state index in [2.05, 4.69) is 27.4 Å². The molecule has 1 aliphatic rings. The third-order valence-electron chi connectivity index (χ3n) is 4.36. The van der Waals surface area contributed by atoms with Gasteiger partial charge in [0.1, 0.15) is 0 Å². The van der Waals surface area contributed by atoms with E-state index in [9.17, 15) is 4.79 Å². The highest BCUT2D eigenvalue weighted by molar-refractivity contribution is 14.0. The van der Waals surface area contributed by atoms with Crippen molar-refractivity contribution in [1.82, 2.24) is 15.5 Å². The van der Waals surface area contributed by atoms with E-state index in [0.717, 1.165) is 30.5 Å². The molecule has 0 saturated carbocycles. The van der Waals surface area contributed by atoms with Crippen molar-refractivity contribution in [3.05, 3.63) is 35.4 Å². The number of benzene rings is 1. The molecule has 1 amide bonds. The summed E-state index contributed by atoms with van der Waals surface area (Å²) in [6.45, 7) is 5.08. The van der Waals surface area contributed by atoms with Crippen molar-refractivity contribution in [1.29, 1.82) is 0 Å². The Balaban J connectivity index is 0.00000288. The zero-order chi connectivity index (χ0) is 16.7. The molecule has 1 unspecified atom stereocenters. The molecule has 6 heteroatoms. The average molecular weight is 444 g/mol. The van der Waals surface area contributed by atoms with Crippen molar-refractivity contribution >= 4 is 35.8 Å². The van der Waals surface area contributed by atoms with Crippen molar-refractivity contribution < 1.29 is 4.79 Å². The summed E-state index contributed by atoms with van der Waals surface area (Å²) < 4.78 is 0. The normalized spacial score (nSPS) is 17.4. The van der Waals surface area contributed by atoms with E-state index in [0.29, 0.717) is 12.1 Å². The van der Waals surface area contributed by atoms with Crippen molar-refractivity contribution in [2.75, 3.05) is 27.2 Å². The van der Waals surface area contributed by atoms with Gasteiger partial charge in [0.25, 0.3) is 5.91 Å². The van der Waals surface area contributed by atoms with Gasteiger partial charge in [-0.25, -0.2) is 0 Å². The lowest BCUT2D eigenvalue weighted by molar-refractivity contribution is 0.0963. The number of amides is 1. The molecule has 1 aliphatic heterocycles. The van der Waals surface area contributed by atoms with Gasteiger partial charge < -0.3 is 15.5 Å². The van der Waals surface area contributed by atoms with Gasteiger partial charge in [0, 0.05) is 39.3 Å². The number of carbonyl (C=O) groups excluding carboxylic acids is 1. The fourth-order valence-electron chi connectivity index (χ4n) is 3.15. The molecule has 0 radical (unpaired) electrons. The van der Waals surface area contributed by atoms with Gasteiger partial charge >= 0.3 is 0 Å². The Kier molecular flexibility index (Phi) is 9.10. The second-order valence-corrected chi connectivity index (χ2v) is 6.07. The lowest BCUT2D eigenvalue weighted by Crippen LogP contribution is -2.39. The van der Waals surface area contributed by atoms with Gasteiger partial charge in [0.15, 0.2) is 5.96 Å². The molecule has 1 fully saturated rings. The largest absolute Gasteiger partial charge is 0.355 e. The first-order chi connectivity index (χ1) is 11.2. The second kappa shape index (κ2) is 10.5. The molecule has 5 nitrogen and oxygen atoms in total. The Labute approximate surface area is 162 Å². The minimum absolute atomic E-state index is 0. The standard InChI is InChI=1S/C18H28N4O.HI/c1-4-6-14-9-10-22(13-14)18(20-3)21-12-15-7-5-8-16(11-15)17(23)19-2;/h5,7-8,11,14H,4,6,9-10,12-13H2,1-3H3,(H,19,23)(H,20,21);1H. The van der Waals surface area contributed by atoms with Gasteiger partial charge in [-0.2, -0.15) is 0 Å². The van der Waals surface area contributed by atoms with Crippen LogP contribution in [0.5, 0.6) is 0 Å². The number of rotatable bonds is 5. The Hall–Kier alpha value is -1.31.